The van der Waals surface area contributed by atoms with Gasteiger partial charge in [0.15, 0.2) is 5.96 Å². The zero-order chi connectivity index (χ0) is 22.1. The molecule has 0 atom stereocenters. The van der Waals surface area contributed by atoms with Crippen molar-refractivity contribution in [2.75, 3.05) is 60.5 Å². The maximum absolute atomic E-state index is 12.1. The number of nitrogens with one attached hydrogen (secondary N) is 1. The number of aliphatic imine (C=N–C) groups is 1. The number of carbonyl (C=O) groups excluding carboxylic acids is 1. The van der Waals surface area contributed by atoms with E-state index in [1.807, 2.05) is 18.2 Å². The summed E-state index contributed by atoms with van der Waals surface area (Å²) in [5, 5.41) is 7.44. The van der Waals surface area contributed by atoms with E-state index in [1.165, 1.54) is 5.56 Å². The van der Waals surface area contributed by atoms with E-state index in [2.05, 4.69) is 37.4 Å². The van der Waals surface area contributed by atoms with Crippen LogP contribution in [0, 0.1) is 0 Å². The normalized spacial score (nSPS) is 15.1. The summed E-state index contributed by atoms with van der Waals surface area (Å²) < 4.78 is 10.1. The van der Waals surface area contributed by atoms with Crippen molar-refractivity contribution in [2.45, 2.75) is 13.0 Å². The minimum absolute atomic E-state index is 0.0147. The largest absolute Gasteiger partial charge is 0.497 e. The van der Waals surface area contributed by atoms with Gasteiger partial charge in [0.2, 0.25) is 5.91 Å². The molecule has 1 amide bonds. The maximum atomic E-state index is 12.1. The molecule has 0 unspecified atom stereocenters. The number of carbonyl (C=O) groups is 1. The van der Waals surface area contributed by atoms with E-state index in [4.69, 9.17) is 9.26 Å². The lowest BCUT2D eigenvalue weighted by Crippen LogP contribution is -2.52. The number of nitrogens with zero attached hydrogens (tertiary/aromatic N) is 5. The summed E-state index contributed by atoms with van der Waals surface area (Å²) in [5.41, 5.74) is 2.16. The molecule has 0 radical (unpaired) electrons. The van der Waals surface area contributed by atoms with E-state index in [9.17, 15) is 4.79 Å². The lowest BCUT2D eigenvalue weighted by molar-refractivity contribution is -0.127. The van der Waals surface area contributed by atoms with E-state index in [0.29, 0.717) is 0 Å². The van der Waals surface area contributed by atoms with Gasteiger partial charge in [0.05, 0.1) is 12.8 Å². The summed E-state index contributed by atoms with van der Waals surface area (Å²) in [5.74, 6) is 1.62. The molecule has 1 N–H and O–H groups in total. The summed E-state index contributed by atoms with van der Waals surface area (Å²) in [6.07, 6.45) is 2.46. The standard InChI is InChI=1S/C22H32N6O3/c1-26(2)21(29)16-24-22(23-10-8-18-4-6-20(30-3)7-5-18)28-13-11-27(12-14-28)17-19-9-15-31-25-19/h4-7,9,15H,8,10-14,16-17H2,1-3H3,(H,23,24). The first-order valence-corrected chi connectivity index (χ1v) is 10.5. The van der Waals surface area contributed by atoms with Gasteiger partial charge in [-0.05, 0) is 24.1 Å². The molecule has 1 aromatic carbocycles. The number of hydrogen-bond donors (Lipinski definition) is 1. The van der Waals surface area contributed by atoms with Crippen molar-refractivity contribution in [1.82, 2.24) is 25.2 Å². The molecule has 1 saturated heterocycles. The molecule has 3 rings (SSSR count). The average molecular weight is 429 g/mol. The van der Waals surface area contributed by atoms with Crippen LogP contribution in [0.2, 0.25) is 0 Å². The fourth-order valence-corrected chi connectivity index (χ4v) is 3.33. The first-order chi connectivity index (χ1) is 15.0. The summed E-state index contributed by atoms with van der Waals surface area (Å²) in [4.78, 5) is 22.8. The Balaban J connectivity index is 1.55. The number of aromatic nitrogens is 1. The Morgan fingerprint density at radius 1 is 1.19 bits per heavy atom. The molecule has 0 spiro atoms. The van der Waals surface area contributed by atoms with Crippen LogP contribution in [0.25, 0.3) is 0 Å². The number of rotatable bonds is 8. The smallest absolute Gasteiger partial charge is 0.243 e. The van der Waals surface area contributed by atoms with Gasteiger partial charge in [-0.1, -0.05) is 17.3 Å². The Morgan fingerprint density at radius 3 is 2.55 bits per heavy atom. The Hall–Kier alpha value is -3.07. The van der Waals surface area contributed by atoms with Gasteiger partial charge in [0.1, 0.15) is 18.6 Å². The van der Waals surface area contributed by atoms with Crippen LogP contribution in [0.1, 0.15) is 11.3 Å². The Bertz CT molecular complexity index is 827. The molecule has 0 bridgehead atoms. The first-order valence-electron chi connectivity index (χ1n) is 10.5. The number of likely N-dealkylation sites (N-methyl/N-ethyl adjacent to an activating group) is 1. The highest BCUT2D eigenvalue weighted by Gasteiger charge is 2.21. The van der Waals surface area contributed by atoms with Crippen molar-refractivity contribution in [1.29, 1.82) is 0 Å². The lowest BCUT2D eigenvalue weighted by atomic mass is 10.1. The number of benzene rings is 1. The van der Waals surface area contributed by atoms with Gasteiger partial charge < -0.3 is 24.4 Å². The highest BCUT2D eigenvalue weighted by atomic mass is 16.5. The number of methoxy groups -OCH3 is 1. The van der Waals surface area contributed by atoms with Crippen LogP contribution in [0.3, 0.4) is 0 Å². The van der Waals surface area contributed by atoms with Gasteiger partial charge in [-0.3, -0.25) is 9.69 Å². The SMILES string of the molecule is COc1ccc(CCNC(=NCC(=O)N(C)C)N2CCN(Cc3ccon3)CC2)cc1. The molecule has 0 aliphatic carbocycles. The fourth-order valence-electron chi connectivity index (χ4n) is 3.33. The summed E-state index contributed by atoms with van der Waals surface area (Å²) in [7, 11) is 5.16. The van der Waals surface area contributed by atoms with Crippen LogP contribution in [0.4, 0.5) is 0 Å². The van der Waals surface area contributed by atoms with Crippen molar-refractivity contribution in [3.63, 3.8) is 0 Å². The van der Waals surface area contributed by atoms with E-state index in [-0.39, 0.29) is 12.5 Å². The van der Waals surface area contributed by atoms with Crippen molar-refractivity contribution in [2.24, 2.45) is 4.99 Å². The summed E-state index contributed by atoms with van der Waals surface area (Å²) in [6, 6.07) is 9.96. The van der Waals surface area contributed by atoms with Crippen LogP contribution < -0.4 is 10.1 Å². The van der Waals surface area contributed by atoms with Crippen molar-refractivity contribution < 1.29 is 14.1 Å². The minimum atomic E-state index is -0.0147. The lowest BCUT2D eigenvalue weighted by Gasteiger charge is -2.36. The molecule has 1 aliphatic heterocycles. The van der Waals surface area contributed by atoms with E-state index in [0.717, 1.165) is 63.1 Å². The van der Waals surface area contributed by atoms with Gasteiger partial charge in [-0.15, -0.1) is 0 Å². The molecule has 9 heteroatoms. The monoisotopic (exact) mass is 428 g/mol. The first kappa shape index (κ1) is 22.6. The van der Waals surface area contributed by atoms with E-state index in [1.54, 1.807) is 32.4 Å². The second-order valence-corrected chi connectivity index (χ2v) is 7.71. The molecule has 168 valence electrons. The van der Waals surface area contributed by atoms with Gasteiger partial charge in [0.25, 0.3) is 0 Å². The number of piperazine rings is 1. The molecule has 2 aromatic rings. The molecule has 31 heavy (non-hydrogen) atoms. The Kier molecular flexibility index (Phi) is 8.28. The van der Waals surface area contributed by atoms with Crippen molar-refractivity contribution in [3.8, 4) is 5.75 Å². The molecule has 1 fully saturated rings. The van der Waals surface area contributed by atoms with Crippen LogP contribution in [0.15, 0.2) is 46.1 Å². The molecule has 1 aromatic heterocycles. The topological polar surface area (TPSA) is 86.4 Å². The highest BCUT2D eigenvalue weighted by molar-refractivity contribution is 5.85. The second kappa shape index (κ2) is 11.4. The van der Waals surface area contributed by atoms with Crippen LogP contribution >= 0.6 is 0 Å². The molecule has 1 aliphatic rings. The third-order valence-electron chi connectivity index (χ3n) is 5.27. The molecule has 9 nitrogen and oxygen atoms in total. The number of guanidine groups is 1. The van der Waals surface area contributed by atoms with Crippen LogP contribution in [0.5, 0.6) is 5.75 Å². The third kappa shape index (κ3) is 6.99. The predicted molar refractivity (Wildman–Crippen MR) is 119 cm³/mol. The van der Waals surface area contributed by atoms with Crippen molar-refractivity contribution >= 4 is 11.9 Å². The van der Waals surface area contributed by atoms with Gasteiger partial charge >= 0.3 is 0 Å². The number of amides is 1. The maximum Gasteiger partial charge on any atom is 0.243 e. The molecular formula is C22H32N6O3. The van der Waals surface area contributed by atoms with Gasteiger partial charge in [0, 0.05) is 59.4 Å². The predicted octanol–water partition coefficient (Wildman–Crippen LogP) is 1.08. The van der Waals surface area contributed by atoms with Gasteiger partial charge in [-0.25, -0.2) is 4.99 Å². The third-order valence-corrected chi connectivity index (χ3v) is 5.27. The van der Waals surface area contributed by atoms with E-state index < -0.39 is 0 Å². The molecule has 2 heterocycles. The molecule has 0 saturated carbocycles. The average Bonchev–Trinajstić information content (AvgIpc) is 3.30. The summed E-state index contributed by atoms with van der Waals surface area (Å²) >= 11 is 0. The summed E-state index contributed by atoms with van der Waals surface area (Å²) in [6.45, 7) is 5.12. The second-order valence-electron chi connectivity index (χ2n) is 7.71. The Morgan fingerprint density at radius 2 is 1.94 bits per heavy atom. The quantitative estimate of drug-likeness (QED) is 0.497. The van der Waals surface area contributed by atoms with Crippen molar-refractivity contribution in [3.05, 3.63) is 47.9 Å². The zero-order valence-corrected chi connectivity index (χ0v) is 18.6. The van der Waals surface area contributed by atoms with Crippen LogP contribution in [-0.2, 0) is 17.8 Å². The number of hydrogen-bond acceptors (Lipinski definition) is 6. The van der Waals surface area contributed by atoms with Crippen LogP contribution in [-0.4, -0.2) is 92.2 Å². The van der Waals surface area contributed by atoms with Gasteiger partial charge in [-0.2, -0.15) is 0 Å². The minimum Gasteiger partial charge on any atom is -0.497 e. The fraction of sp³-hybridized carbons (Fsp3) is 0.500. The molecular weight excluding hydrogens is 396 g/mol. The highest BCUT2D eigenvalue weighted by Crippen LogP contribution is 2.11. The Labute approximate surface area is 183 Å². The van der Waals surface area contributed by atoms with E-state index >= 15 is 0 Å². The number of ether oxygens (including phenoxy) is 1. The zero-order valence-electron chi connectivity index (χ0n) is 18.6.